The molecule has 0 spiro atoms. The van der Waals surface area contributed by atoms with Crippen LogP contribution in [0.25, 0.3) is 11.3 Å². The second-order valence-corrected chi connectivity index (χ2v) is 7.57. The predicted octanol–water partition coefficient (Wildman–Crippen LogP) is 2.22. The Hall–Kier alpha value is -2.80. The van der Waals surface area contributed by atoms with E-state index < -0.39 is 0 Å². The van der Waals surface area contributed by atoms with Crippen LogP contribution in [0.5, 0.6) is 0 Å². The molecule has 0 unspecified atom stereocenters. The summed E-state index contributed by atoms with van der Waals surface area (Å²) in [5.41, 5.74) is 2.75. The van der Waals surface area contributed by atoms with E-state index in [1.54, 1.807) is 29.4 Å². The average Bonchev–Trinajstić information content (AvgIpc) is 3.15. The van der Waals surface area contributed by atoms with E-state index in [2.05, 4.69) is 33.1 Å². The van der Waals surface area contributed by atoms with Crippen LogP contribution in [0.2, 0.25) is 0 Å². The number of piperidine rings is 1. The molecule has 4 heterocycles. The Bertz CT molecular complexity index is 956. The van der Waals surface area contributed by atoms with Crippen molar-refractivity contribution in [2.24, 2.45) is 5.92 Å². The van der Waals surface area contributed by atoms with Crippen LogP contribution in [0.4, 0.5) is 0 Å². The highest BCUT2D eigenvalue weighted by Gasteiger charge is 2.20. The average molecular weight is 378 g/mol. The number of aryl methyl sites for hydroxylation is 1. The molecule has 1 fully saturated rings. The number of pyridine rings is 1. The normalized spacial score (nSPS) is 15.8. The van der Waals surface area contributed by atoms with E-state index in [4.69, 9.17) is 0 Å². The van der Waals surface area contributed by atoms with E-state index in [1.807, 2.05) is 23.0 Å². The molecule has 1 aliphatic heterocycles. The first-order valence-electron chi connectivity index (χ1n) is 9.86. The van der Waals surface area contributed by atoms with Gasteiger partial charge in [-0.15, -0.1) is 0 Å². The molecule has 7 nitrogen and oxygen atoms in total. The Morgan fingerprint density at radius 2 is 2.04 bits per heavy atom. The van der Waals surface area contributed by atoms with Gasteiger partial charge in [0.2, 0.25) is 0 Å². The summed E-state index contributed by atoms with van der Waals surface area (Å²) in [6.07, 6.45) is 11.3. The Labute approximate surface area is 164 Å². The minimum atomic E-state index is 0.00494. The van der Waals surface area contributed by atoms with Crippen LogP contribution in [0, 0.1) is 12.8 Å². The largest absolute Gasteiger partial charge is 0.301 e. The Morgan fingerprint density at radius 1 is 1.18 bits per heavy atom. The predicted molar refractivity (Wildman–Crippen MR) is 108 cm³/mol. The second kappa shape index (κ2) is 8.48. The summed E-state index contributed by atoms with van der Waals surface area (Å²) in [5, 5.41) is 4.35. The summed E-state index contributed by atoms with van der Waals surface area (Å²) < 4.78 is 3.75. The fourth-order valence-corrected chi connectivity index (χ4v) is 3.74. The van der Waals surface area contributed by atoms with Crippen molar-refractivity contribution in [1.82, 2.24) is 29.2 Å². The molecular formula is C21H26N6O. The standard InChI is InChI=1S/C21H26N6O/c1-17-12-24-27(14-17)10-9-25-7-4-18(5-8-25)15-26-16-23-20(11-21(26)28)19-3-2-6-22-13-19/h2-3,6,11-14,16,18H,4-5,7-10,15H2,1H3. The number of likely N-dealkylation sites (tertiary alicyclic amines) is 1. The molecule has 0 saturated carbocycles. The Kier molecular flexibility index (Phi) is 5.62. The molecule has 7 heteroatoms. The molecule has 0 amide bonds. The minimum absolute atomic E-state index is 0.00494. The summed E-state index contributed by atoms with van der Waals surface area (Å²) in [5.74, 6) is 0.520. The lowest BCUT2D eigenvalue weighted by molar-refractivity contribution is 0.166. The number of aromatic nitrogens is 5. The monoisotopic (exact) mass is 378 g/mol. The SMILES string of the molecule is Cc1cnn(CCN2CCC(Cn3cnc(-c4cccnc4)cc3=O)CC2)c1. The van der Waals surface area contributed by atoms with Gasteiger partial charge in [0, 0.05) is 43.3 Å². The van der Waals surface area contributed by atoms with Crippen LogP contribution >= 0.6 is 0 Å². The van der Waals surface area contributed by atoms with Crippen LogP contribution in [-0.2, 0) is 13.1 Å². The summed E-state index contributed by atoms with van der Waals surface area (Å²) in [6.45, 7) is 6.90. The lowest BCUT2D eigenvalue weighted by atomic mass is 9.96. The van der Waals surface area contributed by atoms with Crippen molar-refractivity contribution < 1.29 is 0 Å². The summed E-state index contributed by atoms with van der Waals surface area (Å²) in [4.78, 5) is 23.5. The van der Waals surface area contributed by atoms with Gasteiger partial charge in [-0.1, -0.05) is 0 Å². The highest BCUT2D eigenvalue weighted by atomic mass is 16.1. The third-order valence-corrected chi connectivity index (χ3v) is 5.41. The third-order valence-electron chi connectivity index (χ3n) is 5.41. The van der Waals surface area contributed by atoms with E-state index in [-0.39, 0.29) is 5.56 Å². The van der Waals surface area contributed by atoms with Gasteiger partial charge in [0.1, 0.15) is 0 Å². The van der Waals surface area contributed by atoms with Crippen molar-refractivity contribution in [3.8, 4) is 11.3 Å². The topological polar surface area (TPSA) is 68.8 Å². The Morgan fingerprint density at radius 3 is 2.71 bits per heavy atom. The maximum absolute atomic E-state index is 12.5. The zero-order valence-electron chi connectivity index (χ0n) is 16.2. The zero-order valence-corrected chi connectivity index (χ0v) is 16.2. The first-order chi connectivity index (χ1) is 13.7. The molecule has 0 aliphatic carbocycles. The van der Waals surface area contributed by atoms with E-state index in [0.29, 0.717) is 11.6 Å². The van der Waals surface area contributed by atoms with Crippen molar-refractivity contribution in [3.05, 3.63) is 65.2 Å². The van der Waals surface area contributed by atoms with Crippen LogP contribution in [0.3, 0.4) is 0 Å². The molecule has 3 aromatic rings. The molecule has 0 radical (unpaired) electrons. The van der Waals surface area contributed by atoms with Crippen LogP contribution in [0.1, 0.15) is 18.4 Å². The molecule has 1 aliphatic rings. The van der Waals surface area contributed by atoms with Gasteiger partial charge in [0.15, 0.2) is 0 Å². The van der Waals surface area contributed by atoms with Crippen molar-refractivity contribution >= 4 is 0 Å². The molecule has 3 aromatic heterocycles. The van der Waals surface area contributed by atoms with Gasteiger partial charge >= 0.3 is 0 Å². The van der Waals surface area contributed by atoms with E-state index in [0.717, 1.165) is 51.1 Å². The van der Waals surface area contributed by atoms with E-state index in [1.165, 1.54) is 5.56 Å². The Balaban J connectivity index is 1.29. The second-order valence-electron chi connectivity index (χ2n) is 7.57. The third kappa shape index (κ3) is 4.54. The van der Waals surface area contributed by atoms with E-state index in [9.17, 15) is 4.79 Å². The lowest BCUT2D eigenvalue weighted by Gasteiger charge is -2.32. The number of hydrogen-bond acceptors (Lipinski definition) is 5. The van der Waals surface area contributed by atoms with Crippen molar-refractivity contribution in [1.29, 1.82) is 0 Å². The van der Waals surface area contributed by atoms with Gasteiger partial charge in [-0.2, -0.15) is 5.10 Å². The molecular weight excluding hydrogens is 352 g/mol. The zero-order chi connectivity index (χ0) is 19.3. The highest BCUT2D eigenvalue weighted by molar-refractivity contribution is 5.56. The van der Waals surface area contributed by atoms with Crippen molar-refractivity contribution in [3.63, 3.8) is 0 Å². The van der Waals surface area contributed by atoms with Gasteiger partial charge in [0.25, 0.3) is 5.56 Å². The smallest absolute Gasteiger partial charge is 0.253 e. The highest BCUT2D eigenvalue weighted by Crippen LogP contribution is 2.19. The lowest BCUT2D eigenvalue weighted by Crippen LogP contribution is -2.38. The fourth-order valence-electron chi connectivity index (χ4n) is 3.74. The number of nitrogens with zero attached hydrogens (tertiary/aromatic N) is 6. The van der Waals surface area contributed by atoms with Crippen LogP contribution in [0.15, 0.2) is 54.1 Å². The fraction of sp³-hybridized carbons (Fsp3) is 0.429. The van der Waals surface area contributed by atoms with Gasteiger partial charge < -0.3 is 4.90 Å². The maximum atomic E-state index is 12.5. The van der Waals surface area contributed by atoms with Gasteiger partial charge in [-0.3, -0.25) is 19.0 Å². The van der Waals surface area contributed by atoms with E-state index >= 15 is 0 Å². The molecule has 1 saturated heterocycles. The summed E-state index contributed by atoms with van der Waals surface area (Å²) in [6, 6.07) is 5.38. The quantitative estimate of drug-likeness (QED) is 0.658. The van der Waals surface area contributed by atoms with Crippen LogP contribution < -0.4 is 5.56 Å². The summed E-state index contributed by atoms with van der Waals surface area (Å²) >= 11 is 0. The van der Waals surface area contributed by atoms with Gasteiger partial charge in [-0.05, 0) is 56.5 Å². The first-order valence-corrected chi connectivity index (χ1v) is 9.86. The molecule has 0 aromatic carbocycles. The minimum Gasteiger partial charge on any atom is -0.301 e. The maximum Gasteiger partial charge on any atom is 0.253 e. The number of rotatable bonds is 6. The molecule has 146 valence electrons. The molecule has 28 heavy (non-hydrogen) atoms. The van der Waals surface area contributed by atoms with Crippen molar-refractivity contribution in [2.45, 2.75) is 32.9 Å². The first kappa shape index (κ1) is 18.6. The molecule has 0 atom stereocenters. The summed E-state index contributed by atoms with van der Waals surface area (Å²) in [7, 11) is 0. The van der Waals surface area contributed by atoms with Crippen LogP contribution in [-0.4, -0.2) is 48.8 Å². The van der Waals surface area contributed by atoms with Gasteiger partial charge in [0.05, 0.1) is 24.8 Å². The molecule has 0 N–H and O–H groups in total. The molecule has 0 bridgehead atoms. The number of hydrogen-bond donors (Lipinski definition) is 0. The van der Waals surface area contributed by atoms with Crippen molar-refractivity contribution in [2.75, 3.05) is 19.6 Å². The molecule has 4 rings (SSSR count). The van der Waals surface area contributed by atoms with Gasteiger partial charge in [-0.25, -0.2) is 4.98 Å².